The van der Waals surface area contributed by atoms with E-state index in [-0.39, 0.29) is 0 Å². The van der Waals surface area contributed by atoms with Crippen LogP contribution in [-0.2, 0) is 0 Å². The van der Waals surface area contributed by atoms with Crippen LogP contribution in [0.15, 0.2) is 54.2 Å². The Bertz CT molecular complexity index is 356. The average Bonchev–Trinajstić information content (AvgIpc) is 2.35. The van der Waals surface area contributed by atoms with Gasteiger partial charge in [-0.05, 0) is 19.9 Å². The second-order valence-corrected chi connectivity index (χ2v) is 3.07. The molecule has 0 heterocycles. The smallest absolute Gasteiger partial charge is 0.0695 e. The van der Waals surface area contributed by atoms with E-state index in [0.717, 1.165) is 11.3 Å². The van der Waals surface area contributed by atoms with Crippen molar-refractivity contribution in [3.63, 3.8) is 0 Å². The maximum Gasteiger partial charge on any atom is 0.0695 e. The topological polar surface area (TPSA) is 12.4 Å². The molecule has 0 N–H and O–H groups in total. The number of rotatable bonds is 3. The van der Waals surface area contributed by atoms with E-state index in [1.807, 2.05) is 26.8 Å². The highest BCUT2D eigenvalue weighted by atomic mass is 14.7. The zero-order valence-electron chi connectivity index (χ0n) is 10.7. The lowest BCUT2D eigenvalue weighted by Crippen LogP contribution is -1.94. The highest BCUT2D eigenvalue weighted by molar-refractivity contribution is 6.08. The van der Waals surface area contributed by atoms with Crippen molar-refractivity contribution in [3.8, 4) is 0 Å². The molecule has 0 saturated carbocycles. The van der Waals surface area contributed by atoms with Crippen LogP contribution in [0.25, 0.3) is 0 Å². The summed E-state index contributed by atoms with van der Waals surface area (Å²) in [7, 11) is 0. The number of allylic oxidation sites excluding steroid dienone is 2. The minimum absolute atomic E-state index is 0.906. The molecule has 0 atom stereocenters. The van der Waals surface area contributed by atoms with E-state index in [9.17, 15) is 0 Å². The molecule has 1 aromatic rings. The third-order valence-electron chi connectivity index (χ3n) is 1.90. The predicted octanol–water partition coefficient (Wildman–Crippen LogP) is 4.53. The minimum Gasteiger partial charge on any atom is -0.257 e. The van der Waals surface area contributed by atoms with E-state index in [4.69, 9.17) is 0 Å². The molecule has 1 aromatic carbocycles. The van der Waals surface area contributed by atoms with Crippen LogP contribution < -0.4 is 0 Å². The lowest BCUT2D eigenvalue weighted by Gasteiger charge is -2.00. The highest BCUT2D eigenvalue weighted by Crippen LogP contribution is 2.05. The van der Waals surface area contributed by atoms with Gasteiger partial charge in [0.1, 0.15) is 0 Å². The molecule has 0 aliphatic heterocycles. The van der Waals surface area contributed by atoms with Crippen LogP contribution in [0.3, 0.4) is 0 Å². The Hall–Kier alpha value is -1.63. The fourth-order valence-electron chi connectivity index (χ4n) is 1.12. The van der Waals surface area contributed by atoms with Gasteiger partial charge in [-0.2, -0.15) is 0 Å². The molecular weight excluding hydrogens is 194 g/mol. The summed E-state index contributed by atoms with van der Waals surface area (Å²) in [5.74, 6) is 0. The van der Waals surface area contributed by atoms with Crippen molar-refractivity contribution in [1.29, 1.82) is 0 Å². The Morgan fingerprint density at radius 3 is 2.19 bits per heavy atom. The van der Waals surface area contributed by atoms with E-state index in [2.05, 4.69) is 42.8 Å². The van der Waals surface area contributed by atoms with Crippen molar-refractivity contribution in [2.45, 2.75) is 27.7 Å². The summed E-state index contributed by atoms with van der Waals surface area (Å²) in [6.45, 7) is 11.8. The Morgan fingerprint density at radius 1 is 1.19 bits per heavy atom. The molecule has 1 heteroatoms. The Kier molecular flexibility index (Phi) is 7.78. The quantitative estimate of drug-likeness (QED) is 0.657. The molecule has 0 fully saturated rings. The largest absolute Gasteiger partial charge is 0.257 e. The third kappa shape index (κ3) is 4.74. The SMILES string of the molecule is C=CC(=N/C=C\C)c1ccc(C)cc1.CC. The van der Waals surface area contributed by atoms with Crippen molar-refractivity contribution in [2.75, 3.05) is 0 Å². The Balaban J connectivity index is 0.00000106. The number of hydrogen-bond acceptors (Lipinski definition) is 1. The van der Waals surface area contributed by atoms with Crippen molar-refractivity contribution in [1.82, 2.24) is 0 Å². The van der Waals surface area contributed by atoms with Crippen LogP contribution >= 0.6 is 0 Å². The lowest BCUT2D eigenvalue weighted by atomic mass is 10.1. The normalized spacial score (nSPS) is 10.9. The summed E-state index contributed by atoms with van der Waals surface area (Å²) in [5.41, 5.74) is 3.26. The summed E-state index contributed by atoms with van der Waals surface area (Å²) in [6, 6.07) is 8.26. The van der Waals surface area contributed by atoms with Gasteiger partial charge in [0.25, 0.3) is 0 Å². The van der Waals surface area contributed by atoms with E-state index in [1.165, 1.54) is 5.56 Å². The molecule has 1 rings (SSSR count). The third-order valence-corrected chi connectivity index (χ3v) is 1.90. The summed E-state index contributed by atoms with van der Waals surface area (Å²) < 4.78 is 0. The first-order chi connectivity index (χ1) is 7.77. The first-order valence-corrected chi connectivity index (χ1v) is 5.66. The van der Waals surface area contributed by atoms with Crippen molar-refractivity contribution in [2.24, 2.45) is 4.99 Å². The van der Waals surface area contributed by atoms with E-state index >= 15 is 0 Å². The van der Waals surface area contributed by atoms with Gasteiger partial charge in [0, 0.05) is 11.8 Å². The number of benzene rings is 1. The maximum absolute atomic E-state index is 4.28. The number of nitrogens with zero attached hydrogens (tertiary/aromatic N) is 1. The summed E-state index contributed by atoms with van der Waals surface area (Å²) >= 11 is 0. The molecule has 1 nitrogen and oxygen atoms in total. The van der Waals surface area contributed by atoms with Crippen LogP contribution in [0.1, 0.15) is 31.9 Å². The molecule has 86 valence electrons. The summed E-state index contributed by atoms with van der Waals surface area (Å²) in [5, 5.41) is 0. The second kappa shape index (κ2) is 8.66. The zero-order chi connectivity index (χ0) is 12.4. The predicted molar refractivity (Wildman–Crippen MR) is 74.1 cm³/mol. The fraction of sp³-hybridized carbons (Fsp3) is 0.267. The molecule has 0 aliphatic rings. The van der Waals surface area contributed by atoms with Gasteiger partial charge in [0.2, 0.25) is 0 Å². The monoisotopic (exact) mass is 215 g/mol. The maximum atomic E-state index is 4.28. The van der Waals surface area contributed by atoms with E-state index in [0.29, 0.717) is 0 Å². The van der Waals surface area contributed by atoms with Gasteiger partial charge in [-0.3, -0.25) is 4.99 Å². The van der Waals surface area contributed by atoms with Crippen LogP contribution in [0.2, 0.25) is 0 Å². The summed E-state index contributed by atoms with van der Waals surface area (Å²) in [4.78, 5) is 4.28. The number of hydrogen-bond donors (Lipinski definition) is 0. The van der Waals surface area contributed by atoms with Crippen molar-refractivity contribution in [3.05, 3.63) is 60.3 Å². The van der Waals surface area contributed by atoms with Gasteiger partial charge >= 0.3 is 0 Å². The second-order valence-electron chi connectivity index (χ2n) is 3.07. The zero-order valence-corrected chi connectivity index (χ0v) is 10.7. The van der Waals surface area contributed by atoms with Crippen LogP contribution in [0.4, 0.5) is 0 Å². The van der Waals surface area contributed by atoms with Gasteiger partial charge < -0.3 is 0 Å². The first kappa shape index (κ1) is 14.4. The number of aryl methyl sites for hydroxylation is 1. The van der Waals surface area contributed by atoms with Gasteiger partial charge in [0.15, 0.2) is 0 Å². The van der Waals surface area contributed by atoms with Gasteiger partial charge in [-0.1, -0.05) is 56.3 Å². The minimum atomic E-state index is 0.906. The molecule has 0 saturated heterocycles. The van der Waals surface area contributed by atoms with E-state index < -0.39 is 0 Å². The molecule has 0 amide bonds. The molecular formula is C15H21N. The first-order valence-electron chi connectivity index (χ1n) is 5.66. The molecule has 0 unspecified atom stereocenters. The molecule has 0 aliphatic carbocycles. The number of aliphatic imine (C=N–C) groups is 1. The van der Waals surface area contributed by atoms with Crippen molar-refractivity contribution < 1.29 is 0 Å². The van der Waals surface area contributed by atoms with Crippen molar-refractivity contribution >= 4 is 5.71 Å². The van der Waals surface area contributed by atoms with Gasteiger partial charge in [-0.15, -0.1) is 0 Å². The van der Waals surface area contributed by atoms with Crippen LogP contribution in [-0.4, -0.2) is 5.71 Å². The fourth-order valence-corrected chi connectivity index (χ4v) is 1.12. The average molecular weight is 215 g/mol. The summed E-state index contributed by atoms with van der Waals surface area (Å²) in [6.07, 6.45) is 5.44. The van der Waals surface area contributed by atoms with Crippen LogP contribution in [0, 0.1) is 6.92 Å². The molecule has 0 spiro atoms. The molecule has 0 aromatic heterocycles. The Morgan fingerprint density at radius 2 is 1.75 bits per heavy atom. The molecule has 16 heavy (non-hydrogen) atoms. The van der Waals surface area contributed by atoms with E-state index in [1.54, 1.807) is 12.3 Å². The lowest BCUT2D eigenvalue weighted by molar-refractivity contribution is 1.45. The Labute approximate surface area is 99.2 Å². The van der Waals surface area contributed by atoms with Gasteiger partial charge in [0.05, 0.1) is 5.71 Å². The standard InChI is InChI=1S/C13H15N.C2H6/c1-4-10-14-13(5-2)12-8-6-11(3)7-9-12;1-2/h4-10H,2H2,1,3H3;1-2H3/b10-4-,14-13?;. The highest BCUT2D eigenvalue weighted by Gasteiger charge is 1.96. The molecule has 0 radical (unpaired) electrons. The van der Waals surface area contributed by atoms with Crippen LogP contribution in [0.5, 0.6) is 0 Å². The van der Waals surface area contributed by atoms with Gasteiger partial charge in [-0.25, -0.2) is 0 Å². The molecule has 0 bridgehead atoms.